The largest absolute Gasteiger partial charge is 0.465 e. The first-order valence-corrected chi connectivity index (χ1v) is 10.6. The maximum Gasteiger partial charge on any atom is 0.413 e. The summed E-state index contributed by atoms with van der Waals surface area (Å²) < 4.78 is 16.9. The Labute approximate surface area is 188 Å². The van der Waals surface area contributed by atoms with Gasteiger partial charge in [-0.3, -0.25) is 9.69 Å². The van der Waals surface area contributed by atoms with Crippen LogP contribution in [0.5, 0.6) is 0 Å². The average Bonchev–Trinajstić information content (AvgIpc) is 3.01. The number of rotatable bonds is 2. The van der Waals surface area contributed by atoms with E-state index in [0.29, 0.717) is 0 Å². The SMILES string of the molecule is CN1CCC(Nc2c(F)c(N)c3c(=O)c(C#N)c4n(c3c2Cl)C(C)(C)CN4C(=O)O)CC1. The number of hydrogen-bond acceptors (Lipinski definition) is 6. The molecule has 0 unspecified atom stereocenters. The molecule has 1 aromatic heterocycles. The number of amides is 1. The summed E-state index contributed by atoms with van der Waals surface area (Å²) in [6.07, 6.45) is 0.234. The van der Waals surface area contributed by atoms with Crippen LogP contribution >= 0.6 is 11.6 Å². The lowest BCUT2D eigenvalue weighted by Crippen LogP contribution is -2.37. The molecule has 11 heteroatoms. The number of carbonyl (C=O) groups is 1. The van der Waals surface area contributed by atoms with Gasteiger partial charge in [0.25, 0.3) is 0 Å². The fourth-order valence-electron chi connectivity index (χ4n) is 4.70. The molecule has 1 saturated heterocycles. The van der Waals surface area contributed by atoms with Gasteiger partial charge in [-0.1, -0.05) is 11.6 Å². The lowest BCUT2D eigenvalue weighted by Gasteiger charge is -2.31. The summed E-state index contributed by atoms with van der Waals surface area (Å²) in [5, 5.41) is 22.2. The Morgan fingerprint density at radius 2 is 2.00 bits per heavy atom. The van der Waals surface area contributed by atoms with Gasteiger partial charge in [-0.15, -0.1) is 0 Å². The van der Waals surface area contributed by atoms with Crippen LogP contribution in [0.3, 0.4) is 0 Å². The second kappa shape index (κ2) is 7.53. The van der Waals surface area contributed by atoms with Crippen LogP contribution in [-0.2, 0) is 5.54 Å². The number of nitriles is 1. The normalized spacial score (nSPS) is 18.6. The minimum atomic E-state index is -1.31. The number of aromatic nitrogens is 1. The maximum absolute atomic E-state index is 15.4. The molecule has 32 heavy (non-hydrogen) atoms. The molecular weight excluding hydrogens is 439 g/mol. The van der Waals surface area contributed by atoms with Gasteiger partial charge < -0.3 is 25.6 Å². The molecule has 1 aromatic carbocycles. The van der Waals surface area contributed by atoms with E-state index in [1.54, 1.807) is 19.9 Å². The quantitative estimate of drug-likeness (QED) is 0.585. The minimum absolute atomic E-state index is 0.0130. The Kier molecular flexibility index (Phi) is 5.22. The van der Waals surface area contributed by atoms with Crippen molar-refractivity contribution in [1.29, 1.82) is 5.26 Å². The van der Waals surface area contributed by atoms with Crippen molar-refractivity contribution in [3.8, 4) is 6.07 Å². The zero-order chi connectivity index (χ0) is 23.5. The van der Waals surface area contributed by atoms with Gasteiger partial charge in [-0.2, -0.15) is 5.26 Å². The van der Waals surface area contributed by atoms with Gasteiger partial charge in [-0.05, 0) is 46.8 Å². The molecule has 0 bridgehead atoms. The predicted molar refractivity (Wildman–Crippen MR) is 121 cm³/mol. The third kappa shape index (κ3) is 3.15. The molecule has 170 valence electrons. The highest BCUT2D eigenvalue weighted by Gasteiger charge is 2.43. The summed E-state index contributed by atoms with van der Waals surface area (Å²) in [5.41, 5.74) is 3.64. The molecule has 0 spiro atoms. The summed E-state index contributed by atoms with van der Waals surface area (Å²) in [5.74, 6) is -0.936. The third-order valence-corrected chi connectivity index (χ3v) is 6.69. The van der Waals surface area contributed by atoms with Crippen molar-refractivity contribution in [3.05, 3.63) is 26.6 Å². The van der Waals surface area contributed by atoms with Crippen molar-refractivity contribution in [3.63, 3.8) is 0 Å². The van der Waals surface area contributed by atoms with Crippen molar-refractivity contribution < 1.29 is 14.3 Å². The van der Waals surface area contributed by atoms with E-state index >= 15 is 4.39 Å². The Hall–Kier alpha value is -3.03. The zero-order valence-corrected chi connectivity index (χ0v) is 18.8. The van der Waals surface area contributed by atoms with Gasteiger partial charge >= 0.3 is 6.09 Å². The van der Waals surface area contributed by atoms with Crippen molar-refractivity contribution >= 4 is 45.8 Å². The molecule has 2 aromatic rings. The number of hydrogen-bond donors (Lipinski definition) is 3. The average molecular weight is 463 g/mol. The van der Waals surface area contributed by atoms with Crippen LogP contribution in [0.1, 0.15) is 32.3 Å². The number of nitrogens with zero attached hydrogens (tertiary/aromatic N) is 4. The predicted octanol–water partition coefficient (Wildman–Crippen LogP) is 2.99. The monoisotopic (exact) mass is 462 g/mol. The Balaban J connectivity index is 2.05. The van der Waals surface area contributed by atoms with E-state index < -0.39 is 34.1 Å². The van der Waals surface area contributed by atoms with Gasteiger partial charge in [0.05, 0.1) is 39.4 Å². The second-order valence-corrected chi connectivity index (χ2v) is 9.40. The molecule has 1 amide bonds. The van der Waals surface area contributed by atoms with Crippen molar-refractivity contribution in [1.82, 2.24) is 9.47 Å². The summed E-state index contributed by atoms with van der Waals surface area (Å²) >= 11 is 6.70. The lowest BCUT2D eigenvalue weighted by atomic mass is 10.0. The summed E-state index contributed by atoms with van der Waals surface area (Å²) in [6.45, 7) is 5.16. The van der Waals surface area contributed by atoms with Crippen LogP contribution in [0.4, 0.5) is 26.4 Å². The van der Waals surface area contributed by atoms with E-state index in [-0.39, 0.29) is 40.0 Å². The van der Waals surface area contributed by atoms with Gasteiger partial charge in [0.15, 0.2) is 5.82 Å². The van der Waals surface area contributed by atoms with Crippen molar-refractivity contribution in [2.75, 3.05) is 42.6 Å². The fraction of sp³-hybridized carbons (Fsp3) is 0.476. The molecule has 0 atom stereocenters. The van der Waals surface area contributed by atoms with Gasteiger partial charge in [0.2, 0.25) is 5.43 Å². The van der Waals surface area contributed by atoms with Crippen LogP contribution in [0, 0.1) is 17.1 Å². The number of fused-ring (bicyclic) bond motifs is 3. The van der Waals surface area contributed by atoms with Crippen molar-refractivity contribution in [2.24, 2.45) is 0 Å². The number of anilines is 3. The van der Waals surface area contributed by atoms with Gasteiger partial charge in [0, 0.05) is 6.04 Å². The number of nitrogens with one attached hydrogen (secondary N) is 1. The highest BCUT2D eigenvalue weighted by Crippen LogP contribution is 2.45. The number of benzene rings is 1. The zero-order valence-electron chi connectivity index (χ0n) is 18.0. The molecule has 0 radical (unpaired) electrons. The van der Waals surface area contributed by atoms with Gasteiger partial charge in [-0.25, -0.2) is 9.18 Å². The first-order valence-electron chi connectivity index (χ1n) is 10.2. The van der Waals surface area contributed by atoms with E-state index in [1.165, 1.54) is 4.57 Å². The molecule has 3 heterocycles. The highest BCUT2D eigenvalue weighted by atomic mass is 35.5. The van der Waals surface area contributed by atoms with Crippen LogP contribution in [0.15, 0.2) is 4.79 Å². The third-order valence-electron chi connectivity index (χ3n) is 6.32. The smallest absolute Gasteiger partial charge is 0.413 e. The number of piperidine rings is 1. The number of pyridine rings is 1. The van der Waals surface area contributed by atoms with E-state index in [2.05, 4.69) is 10.2 Å². The van der Waals surface area contributed by atoms with E-state index in [9.17, 15) is 20.0 Å². The molecule has 4 N–H and O–H groups in total. The minimum Gasteiger partial charge on any atom is -0.465 e. The lowest BCUT2D eigenvalue weighted by molar-refractivity contribution is 0.201. The van der Waals surface area contributed by atoms with Crippen LogP contribution < -0.4 is 21.4 Å². The number of nitrogen functional groups attached to an aromatic ring is 1. The fourth-order valence-corrected chi connectivity index (χ4v) is 5.02. The summed E-state index contributed by atoms with van der Waals surface area (Å²) in [4.78, 5) is 28.2. The number of likely N-dealkylation sites (tertiary alicyclic amines) is 1. The van der Waals surface area contributed by atoms with Crippen LogP contribution in [0.25, 0.3) is 10.9 Å². The van der Waals surface area contributed by atoms with Crippen LogP contribution in [-0.4, -0.2) is 53.4 Å². The van der Waals surface area contributed by atoms with Crippen LogP contribution in [0.2, 0.25) is 5.02 Å². The first kappa shape index (κ1) is 22.2. The molecule has 4 rings (SSSR count). The second-order valence-electron chi connectivity index (χ2n) is 9.02. The Morgan fingerprint density at radius 3 is 2.56 bits per heavy atom. The Bertz CT molecular complexity index is 1240. The Morgan fingerprint density at radius 1 is 1.38 bits per heavy atom. The molecule has 0 aliphatic carbocycles. The standard InChI is InChI=1S/C21H24ClFN6O3/c1-21(2)9-28(20(31)32)19-11(8-24)18(30)12-15(25)14(23)16(13(22)17(12)29(19)21)26-10-4-6-27(3)7-5-10/h10,26H,4-7,9,25H2,1-3H3,(H,31,32). The molecule has 2 aliphatic rings. The summed E-state index contributed by atoms with van der Waals surface area (Å²) in [7, 11) is 2.01. The topological polar surface area (TPSA) is 128 Å². The maximum atomic E-state index is 15.4. The van der Waals surface area contributed by atoms with E-state index in [4.69, 9.17) is 17.3 Å². The number of halogens is 2. The highest BCUT2D eigenvalue weighted by molar-refractivity contribution is 6.38. The molecule has 0 saturated carbocycles. The number of nitrogens with two attached hydrogens (primary N) is 1. The number of carboxylic acid groups (broad SMARTS) is 1. The molecular formula is C21H24ClFN6O3. The molecule has 2 aliphatic heterocycles. The first-order chi connectivity index (χ1) is 15.0. The van der Waals surface area contributed by atoms with E-state index in [0.717, 1.165) is 30.8 Å². The van der Waals surface area contributed by atoms with E-state index in [1.807, 2.05) is 7.05 Å². The molecule has 9 nitrogen and oxygen atoms in total. The summed E-state index contributed by atoms with van der Waals surface area (Å²) in [6, 6.07) is 1.74. The van der Waals surface area contributed by atoms with Crippen molar-refractivity contribution in [2.45, 2.75) is 38.3 Å². The van der Waals surface area contributed by atoms with Gasteiger partial charge in [0.1, 0.15) is 17.5 Å². The molecule has 1 fully saturated rings.